The molecule has 0 atom stereocenters. The Morgan fingerprint density at radius 1 is 1.04 bits per heavy atom. The molecule has 0 unspecified atom stereocenters. The SMILES string of the molecule is CC(C)C(=O)N1CCN(c2c(Cl)cccc2NC(=O)c2ccc(Br)cc2)CC1. The Balaban J connectivity index is 1.77. The zero-order valence-electron chi connectivity index (χ0n) is 15.9. The van der Waals surface area contributed by atoms with Gasteiger partial charge in [0.05, 0.1) is 16.4 Å². The summed E-state index contributed by atoms with van der Waals surface area (Å²) in [5.41, 5.74) is 2.04. The van der Waals surface area contributed by atoms with Crippen LogP contribution in [0.25, 0.3) is 0 Å². The molecule has 1 fully saturated rings. The summed E-state index contributed by atoms with van der Waals surface area (Å²) in [6.07, 6.45) is 0. The number of hydrogen-bond acceptors (Lipinski definition) is 3. The summed E-state index contributed by atoms with van der Waals surface area (Å²) in [5, 5.41) is 3.56. The molecule has 1 aliphatic rings. The van der Waals surface area contributed by atoms with Crippen LogP contribution in [-0.4, -0.2) is 42.9 Å². The highest BCUT2D eigenvalue weighted by Crippen LogP contribution is 2.35. The molecular weight excluding hydrogens is 442 g/mol. The van der Waals surface area contributed by atoms with E-state index in [-0.39, 0.29) is 17.7 Å². The number of carbonyl (C=O) groups is 2. The first-order valence-corrected chi connectivity index (χ1v) is 10.4. The van der Waals surface area contributed by atoms with Gasteiger partial charge in [0.25, 0.3) is 5.91 Å². The Hall–Kier alpha value is -2.05. The molecule has 1 saturated heterocycles. The zero-order chi connectivity index (χ0) is 20.3. The van der Waals surface area contributed by atoms with Crippen molar-refractivity contribution in [1.29, 1.82) is 0 Å². The molecule has 1 aliphatic heterocycles. The van der Waals surface area contributed by atoms with Crippen LogP contribution in [0, 0.1) is 5.92 Å². The van der Waals surface area contributed by atoms with Gasteiger partial charge in [0.1, 0.15) is 0 Å². The second kappa shape index (κ2) is 8.97. The normalized spacial score (nSPS) is 14.3. The Morgan fingerprint density at radius 2 is 1.68 bits per heavy atom. The van der Waals surface area contributed by atoms with Crippen molar-refractivity contribution in [3.8, 4) is 0 Å². The van der Waals surface area contributed by atoms with E-state index in [1.165, 1.54) is 0 Å². The summed E-state index contributed by atoms with van der Waals surface area (Å²) < 4.78 is 0.918. The van der Waals surface area contributed by atoms with Crippen molar-refractivity contribution in [2.45, 2.75) is 13.8 Å². The van der Waals surface area contributed by atoms with Crippen molar-refractivity contribution < 1.29 is 9.59 Å². The fourth-order valence-corrected chi connectivity index (χ4v) is 3.81. The molecule has 28 heavy (non-hydrogen) atoms. The Bertz CT molecular complexity index is 862. The van der Waals surface area contributed by atoms with E-state index in [1.54, 1.807) is 12.1 Å². The van der Waals surface area contributed by atoms with Gasteiger partial charge in [-0.15, -0.1) is 0 Å². The average molecular weight is 465 g/mol. The summed E-state index contributed by atoms with van der Waals surface area (Å²) >= 11 is 9.86. The number of benzene rings is 2. The monoisotopic (exact) mass is 463 g/mol. The highest BCUT2D eigenvalue weighted by Gasteiger charge is 2.25. The van der Waals surface area contributed by atoms with Crippen LogP contribution in [0.5, 0.6) is 0 Å². The summed E-state index contributed by atoms with van der Waals surface area (Å²) in [5.74, 6) is -0.0279. The van der Waals surface area contributed by atoms with Crippen molar-refractivity contribution in [2.75, 3.05) is 36.4 Å². The molecule has 3 rings (SSSR count). The number of amides is 2. The number of nitrogens with zero attached hydrogens (tertiary/aromatic N) is 2. The molecule has 1 N–H and O–H groups in total. The molecule has 0 aliphatic carbocycles. The molecule has 1 heterocycles. The van der Waals surface area contributed by atoms with Crippen molar-refractivity contribution in [2.24, 2.45) is 5.92 Å². The molecular formula is C21H23BrClN3O2. The third-order valence-electron chi connectivity index (χ3n) is 4.74. The molecule has 0 saturated carbocycles. The van der Waals surface area contributed by atoms with E-state index in [9.17, 15) is 9.59 Å². The molecule has 0 spiro atoms. The summed E-state index contributed by atoms with van der Waals surface area (Å²) in [7, 11) is 0. The lowest BCUT2D eigenvalue weighted by molar-refractivity contribution is -0.134. The number of anilines is 2. The lowest BCUT2D eigenvalue weighted by atomic mass is 10.1. The van der Waals surface area contributed by atoms with E-state index in [0.29, 0.717) is 42.5 Å². The minimum atomic E-state index is -0.190. The van der Waals surface area contributed by atoms with Crippen molar-refractivity contribution in [1.82, 2.24) is 4.90 Å². The molecule has 5 nitrogen and oxygen atoms in total. The number of carbonyl (C=O) groups excluding carboxylic acids is 2. The van der Waals surface area contributed by atoms with Crippen LogP contribution in [0.2, 0.25) is 5.02 Å². The highest BCUT2D eigenvalue weighted by molar-refractivity contribution is 9.10. The predicted molar refractivity (Wildman–Crippen MR) is 117 cm³/mol. The molecule has 0 bridgehead atoms. The van der Waals surface area contributed by atoms with Crippen LogP contribution >= 0.6 is 27.5 Å². The Labute approximate surface area is 178 Å². The van der Waals surface area contributed by atoms with Crippen LogP contribution < -0.4 is 10.2 Å². The first kappa shape index (κ1) is 20.7. The first-order valence-electron chi connectivity index (χ1n) is 9.26. The van der Waals surface area contributed by atoms with Gasteiger partial charge in [-0.1, -0.05) is 47.4 Å². The van der Waals surface area contributed by atoms with Crippen LogP contribution in [0.1, 0.15) is 24.2 Å². The van der Waals surface area contributed by atoms with E-state index in [4.69, 9.17) is 11.6 Å². The van der Waals surface area contributed by atoms with E-state index in [0.717, 1.165) is 10.2 Å². The van der Waals surface area contributed by atoms with Crippen molar-refractivity contribution in [3.05, 3.63) is 57.5 Å². The zero-order valence-corrected chi connectivity index (χ0v) is 18.3. The molecule has 2 aromatic rings. The average Bonchev–Trinajstić information content (AvgIpc) is 2.68. The summed E-state index contributed by atoms with van der Waals surface area (Å²) in [4.78, 5) is 28.9. The van der Waals surface area contributed by atoms with Crippen LogP contribution in [-0.2, 0) is 4.79 Å². The van der Waals surface area contributed by atoms with E-state index in [2.05, 4.69) is 26.1 Å². The number of hydrogen-bond donors (Lipinski definition) is 1. The molecule has 148 valence electrons. The second-order valence-corrected chi connectivity index (χ2v) is 8.39. The standard InChI is InChI=1S/C21H23BrClN3O2/c1-14(2)21(28)26-12-10-25(11-13-26)19-17(23)4-3-5-18(19)24-20(27)15-6-8-16(22)9-7-15/h3-9,14H,10-13H2,1-2H3,(H,24,27). The van der Waals surface area contributed by atoms with Gasteiger partial charge in [-0.05, 0) is 36.4 Å². The quantitative estimate of drug-likeness (QED) is 0.716. The lowest BCUT2D eigenvalue weighted by Crippen LogP contribution is -2.50. The van der Waals surface area contributed by atoms with Gasteiger partial charge in [-0.2, -0.15) is 0 Å². The number of rotatable bonds is 4. The highest BCUT2D eigenvalue weighted by atomic mass is 79.9. The van der Waals surface area contributed by atoms with Gasteiger partial charge in [0.15, 0.2) is 0 Å². The number of piperazine rings is 1. The maximum Gasteiger partial charge on any atom is 0.255 e. The largest absolute Gasteiger partial charge is 0.365 e. The van der Waals surface area contributed by atoms with Crippen LogP contribution in [0.4, 0.5) is 11.4 Å². The maximum absolute atomic E-state index is 12.6. The summed E-state index contributed by atoms with van der Waals surface area (Å²) in [6.45, 7) is 6.45. The summed E-state index contributed by atoms with van der Waals surface area (Å²) in [6, 6.07) is 12.7. The Kier molecular flexibility index (Phi) is 6.62. The molecule has 2 aromatic carbocycles. The molecule has 0 radical (unpaired) electrons. The van der Waals surface area contributed by atoms with Crippen molar-refractivity contribution >= 4 is 50.7 Å². The third kappa shape index (κ3) is 4.67. The second-order valence-electron chi connectivity index (χ2n) is 7.06. The first-order chi connectivity index (χ1) is 13.4. The van der Waals surface area contributed by atoms with Crippen LogP contribution in [0.3, 0.4) is 0 Å². The fraction of sp³-hybridized carbons (Fsp3) is 0.333. The smallest absolute Gasteiger partial charge is 0.255 e. The fourth-order valence-electron chi connectivity index (χ4n) is 3.25. The molecule has 2 amide bonds. The van der Waals surface area contributed by atoms with Crippen LogP contribution in [0.15, 0.2) is 46.9 Å². The van der Waals surface area contributed by atoms with Gasteiger partial charge in [0.2, 0.25) is 5.91 Å². The van der Waals surface area contributed by atoms with Gasteiger partial charge < -0.3 is 15.1 Å². The Morgan fingerprint density at radius 3 is 2.29 bits per heavy atom. The van der Waals surface area contributed by atoms with E-state index < -0.39 is 0 Å². The van der Waals surface area contributed by atoms with Gasteiger partial charge in [-0.3, -0.25) is 9.59 Å². The maximum atomic E-state index is 12.6. The van der Waals surface area contributed by atoms with Gasteiger partial charge in [-0.25, -0.2) is 0 Å². The minimum absolute atomic E-state index is 0.00683. The number of para-hydroxylation sites is 1. The number of nitrogens with one attached hydrogen (secondary N) is 1. The molecule has 0 aromatic heterocycles. The van der Waals surface area contributed by atoms with Gasteiger partial charge >= 0.3 is 0 Å². The topological polar surface area (TPSA) is 52.7 Å². The number of halogens is 2. The lowest BCUT2D eigenvalue weighted by Gasteiger charge is -2.38. The third-order valence-corrected chi connectivity index (χ3v) is 5.58. The molecule has 7 heteroatoms. The van der Waals surface area contributed by atoms with Crippen molar-refractivity contribution in [3.63, 3.8) is 0 Å². The minimum Gasteiger partial charge on any atom is -0.365 e. The van der Waals surface area contributed by atoms with E-state index >= 15 is 0 Å². The van der Waals surface area contributed by atoms with E-state index in [1.807, 2.05) is 49.1 Å². The predicted octanol–water partition coefficient (Wildman–Crippen LogP) is 4.66. The van der Waals surface area contributed by atoms with Gasteiger partial charge in [0, 0.05) is 42.1 Å².